The summed E-state index contributed by atoms with van der Waals surface area (Å²) in [7, 11) is 0. The zero-order valence-corrected chi connectivity index (χ0v) is 13.3. The predicted octanol–water partition coefficient (Wildman–Crippen LogP) is 3.35. The summed E-state index contributed by atoms with van der Waals surface area (Å²) < 4.78 is 2.07. The van der Waals surface area contributed by atoms with Crippen molar-refractivity contribution >= 4 is 0 Å². The molecule has 114 valence electrons. The molecule has 1 fully saturated rings. The maximum Gasteiger partial charge on any atom is 0.138 e. The zero-order valence-electron chi connectivity index (χ0n) is 13.3. The van der Waals surface area contributed by atoms with Gasteiger partial charge in [-0.05, 0) is 39.2 Å². The minimum atomic E-state index is 0.393. The zero-order chi connectivity index (χ0) is 14.4. The Morgan fingerprint density at radius 1 is 1.25 bits per heavy atom. The molecule has 4 nitrogen and oxygen atoms in total. The predicted molar refractivity (Wildman–Crippen MR) is 82.8 cm³/mol. The van der Waals surface area contributed by atoms with Crippen LogP contribution in [0.5, 0.6) is 0 Å². The van der Waals surface area contributed by atoms with Crippen molar-refractivity contribution < 1.29 is 0 Å². The van der Waals surface area contributed by atoms with Crippen LogP contribution in [0, 0.1) is 5.92 Å². The molecule has 1 aromatic heterocycles. The largest absolute Gasteiger partial charge is 0.314 e. The fourth-order valence-electron chi connectivity index (χ4n) is 3.43. The van der Waals surface area contributed by atoms with Crippen LogP contribution in [0.25, 0.3) is 0 Å². The molecular formula is C16H30N4. The Morgan fingerprint density at radius 3 is 2.55 bits per heavy atom. The lowest BCUT2D eigenvalue weighted by molar-refractivity contribution is 0.312. The summed E-state index contributed by atoms with van der Waals surface area (Å²) in [6.45, 7) is 7.59. The van der Waals surface area contributed by atoms with Crippen molar-refractivity contribution in [2.45, 2.75) is 77.8 Å². The van der Waals surface area contributed by atoms with Crippen molar-refractivity contribution in [1.29, 1.82) is 0 Å². The third kappa shape index (κ3) is 4.05. The molecule has 4 heteroatoms. The second-order valence-electron chi connectivity index (χ2n) is 6.33. The second-order valence-corrected chi connectivity index (χ2v) is 6.33. The molecule has 1 unspecified atom stereocenters. The van der Waals surface area contributed by atoms with Gasteiger partial charge in [0, 0.05) is 18.5 Å². The summed E-state index contributed by atoms with van der Waals surface area (Å²) in [5, 5.41) is 8.07. The number of rotatable bonds is 6. The van der Waals surface area contributed by atoms with E-state index >= 15 is 0 Å². The molecule has 1 saturated carbocycles. The summed E-state index contributed by atoms with van der Waals surface area (Å²) >= 11 is 0. The Morgan fingerprint density at radius 2 is 1.95 bits per heavy atom. The fraction of sp³-hybridized carbons (Fsp3) is 0.875. The van der Waals surface area contributed by atoms with Crippen molar-refractivity contribution in [3.05, 3.63) is 12.2 Å². The quantitative estimate of drug-likeness (QED) is 0.811. The number of hydrogen-bond acceptors (Lipinski definition) is 3. The number of likely N-dealkylation sites (N-methyl/N-ethyl adjacent to an activating group) is 1. The van der Waals surface area contributed by atoms with E-state index in [1.54, 1.807) is 6.33 Å². The minimum Gasteiger partial charge on any atom is -0.314 e. The second kappa shape index (κ2) is 7.77. The highest BCUT2D eigenvalue weighted by Crippen LogP contribution is 2.27. The summed E-state index contributed by atoms with van der Waals surface area (Å²) in [5.41, 5.74) is 0. The van der Waals surface area contributed by atoms with Crippen LogP contribution in [0.2, 0.25) is 0 Å². The van der Waals surface area contributed by atoms with E-state index < -0.39 is 0 Å². The summed E-state index contributed by atoms with van der Waals surface area (Å²) in [6.07, 6.45) is 11.1. The highest BCUT2D eigenvalue weighted by atomic mass is 15.3. The molecule has 1 aromatic rings. The van der Waals surface area contributed by atoms with E-state index in [9.17, 15) is 0 Å². The first-order valence-electron chi connectivity index (χ1n) is 8.34. The summed E-state index contributed by atoms with van der Waals surface area (Å²) in [5.74, 6) is 1.94. The number of nitrogens with one attached hydrogen (secondary N) is 1. The SMILES string of the molecule is CCNC(Cc1ncnn1C(C)C)C1CCCCCC1. The Bertz CT molecular complexity index is 378. The van der Waals surface area contributed by atoms with Gasteiger partial charge in [-0.1, -0.05) is 32.6 Å². The van der Waals surface area contributed by atoms with E-state index in [1.165, 1.54) is 38.5 Å². The standard InChI is InChI=1S/C16H30N4/c1-4-17-15(14-9-7-5-6-8-10-14)11-16-18-12-19-20(16)13(2)3/h12-15,17H,4-11H2,1-3H3. The van der Waals surface area contributed by atoms with Gasteiger partial charge in [0.05, 0.1) is 0 Å². The Labute approximate surface area is 123 Å². The molecule has 0 saturated heterocycles. The molecule has 20 heavy (non-hydrogen) atoms. The smallest absolute Gasteiger partial charge is 0.138 e. The molecule has 0 radical (unpaired) electrons. The maximum absolute atomic E-state index is 4.49. The fourth-order valence-corrected chi connectivity index (χ4v) is 3.43. The van der Waals surface area contributed by atoms with Gasteiger partial charge in [0.15, 0.2) is 0 Å². The topological polar surface area (TPSA) is 42.7 Å². The lowest BCUT2D eigenvalue weighted by Gasteiger charge is -2.27. The van der Waals surface area contributed by atoms with E-state index in [-0.39, 0.29) is 0 Å². The van der Waals surface area contributed by atoms with Crippen molar-refractivity contribution in [1.82, 2.24) is 20.1 Å². The first kappa shape index (κ1) is 15.5. The molecule has 0 aromatic carbocycles. The maximum atomic E-state index is 4.49. The van der Waals surface area contributed by atoms with E-state index in [4.69, 9.17) is 0 Å². The minimum absolute atomic E-state index is 0.393. The Kier molecular flexibility index (Phi) is 6.02. The molecule has 2 rings (SSSR count). The van der Waals surface area contributed by atoms with Crippen molar-refractivity contribution in [2.75, 3.05) is 6.54 Å². The van der Waals surface area contributed by atoms with Crippen LogP contribution < -0.4 is 5.32 Å². The summed E-state index contributed by atoms with van der Waals surface area (Å²) in [6, 6.07) is 0.948. The van der Waals surface area contributed by atoms with Gasteiger partial charge in [0.1, 0.15) is 12.2 Å². The molecule has 1 atom stereocenters. The van der Waals surface area contributed by atoms with Crippen LogP contribution in [-0.2, 0) is 6.42 Å². The molecule has 0 bridgehead atoms. The number of nitrogens with zero attached hydrogens (tertiary/aromatic N) is 3. The lowest BCUT2D eigenvalue weighted by Crippen LogP contribution is -2.38. The van der Waals surface area contributed by atoms with Crippen LogP contribution in [0.15, 0.2) is 6.33 Å². The molecule has 1 heterocycles. The van der Waals surface area contributed by atoms with Crippen LogP contribution >= 0.6 is 0 Å². The van der Waals surface area contributed by atoms with Gasteiger partial charge in [-0.2, -0.15) is 5.10 Å². The molecule has 0 aliphatic heterocycles. The first-order chi connectivity index (χ1) is 9.72. The Hall–Kier alpha value is -0.900. The van der Waals surface area contributed by atoms with E-state index in [0.717, 1.165) is 24.7 Å². The van der Waals surface area contributed by atoms with Crippen molar-refractivity contribution in [3.63, 3.8) is 0 Å². The van der Waals surface area contributed by atoms with Gasteiger partial charge in [0.2, 0.25) is 0 Å². The lowest BCUT2D eigenvalue weighted by atomic mass is 9.89. The van der Waals surface area contributed by atoms with Crippen molar-refractivity contribution in [2.24, 2.45) is 5.92 Å². The van der Waals surface area contributed by atoms with E-state index in [1.807, 2.05) is 0 Å². The van der Waals surface area contributed by atoms with Gasteiger partial charge in [-0.25, -0.2) is 9.67 Å². The monoisotopic (exact) mass is 278 g/mol. The van der Waals surface area contributed by atoms with Gasteiger partial charge >= 0.3 is 0 Å². The van der Waals surface area contributed by atoms with Crippen LogP contribution in [-0.4, -0.2) is 27.4 Å². The first-order valence-corrected chi connectivity index (χ1v) is 8.34. The van der Waals surface area contributed by atoms with Crippen LogP contribution in [0.1, 0.15) is 71.2 Å². The Balaban J connectivity index is 2.05. The van der Waals surface area contributed by atoms with Crippen molar-refractivity contribution in [3.8, 4) is 0 Å². The van der Waals surface area contributed by atoms with Gasteiger partial charge in [-0.3, -0.25) is 0 Å². The summed E-state index contributed by atoms with van der Waals surface area (Å²) in [4.78, 5) is 4.49. The van der Waals surface area contributed by atoms with E-state index in [0.29, 0.717) is 12.1 Å². The average Bonchev–Trinajstić information content (AvgIpc) is 2.72. The van der Waals surface area contributed by atoms with Gasteiger partial charge in [-0.15, -0.1) is 0 Å². The number of aromatic nitrogens is 3. The molecule has 0 spiro atoms. The molecule has 0 amide bonds. The third-order valence-electron chi connectivity index (χ3n) is 4.47. The average molecular weight is 278 g/mol. The highest BCUT2D eigenvalue weighted by molar-refractivity contribution is 4.93. The van der Waals surface area contributed by atoms with Gasteiger partial charge < -0.3 is 5.32 Å². The third-order valence-corrected chi connectivity index (χ3v) is 4.47. The highest BCUT2D eigenvalue weighted by Gasteiger charge is 2.24. The molecule has 1 aliphatic carbocycles. The normalized spacial score (nSPS) is 19.2. The molecular weight excluding hydrogens is 248 g/mol. The molecule has 1 aliphatic rings. The van der Waals surface area contributed by atoms with Gasteiger partial charge in [0.25, 0.3) is 0 Å². The van der Waals surface area contributed by atoms with Crippen LogP contribution in [0.4, 0.5) is 0 Å². The molecule has 1 N–H and O–H groups in total. The van der Waals surface area contributed by atoms with E-state index in [2.05, 4.69) is 40.9 Å². The van der Waals surface area contributed by atoms with Crippen LogP contribution in [0.3, 0.4) is 0 Å². The number of hydrogen-bond donors (Lipinski definition) is 1.